The summed E-state index contributed by atoms with van der Waals surface area (Å²) < 4.78 is 0. The number of nitrogens with one attached hydrogen (secondary N) is 4. The summed E-state index contributed by atoms with van der Waals surface area (Å²) in [4.78, 5) is 36.9. The van der Waals surface area contributed by atoms with Gasteiger partial charge >= 0.3 is 6.03 Å². The normalized spacial score (nSPS) is 19.3. The van der Waals surface area contributed by atoms with Crippen molar-refractivity contribution in [2.75, 3.05) is 11.9 Å². The smallest absolute Gasteiger partial charge is 0.320 e. The van der Waals surface area contributed by atoms with Crippen molar-refractivity contribution in [1.29, 1.82) is 0 Å². The first-order valence-corrected chi connectivity index (χ1v) is 16.7. The number of aromatic nitrogens is 2. The Morgan fingerprint density at radius 1 is 0.867 bits per heavy atom. The van der Waals surface area contributed by atoms with Crippen molar-refractivity contribution >= 4 is 28.5 Å². The lowest BCUT2D eigenvalue weighted by molar-refractivity contribution is -0.128. The second-order valence-electron chi connectivity index (χ2n) is 13.8. The summed E-state index contributed by atoms with van der Waals surface area (Å²) in [5.74, 6) is 0.340. The number of benzene rings is 2. The lowest BCUT2D eigenvalue weighted by Crippen LogP contribution is -2.63. The van der Waals surface area contributed by atoms with Crippen LogP contribution in [0.5, 0.6) is 0 Å². The zero-order valence-electron chi connectivity index (χ0n) is 27.1. The molecule has 2 aromatic carbocycles. The molecule has 7 heteroatoms. The number of fused-ring (bicyclic) bond motifs is 3. The van der Waals surface area contributed by atoms with Crippen LogP contribution in [0.25, 0.3) is 10.9 Å². The molecule has 2 aromatic heterocycles. The van der Waals surface area contributed by atoms with Crippen LogP contribution in [-0.4, -0.2) is 34.0 Å². The molecule has 0 aliphatic heterocycles. The van der Waals surface area contributed by atoms with Gasteiger partial charge < -0.3 is 20.9 Å². The van der Waals surface area contributed by atoms with Crippen LogP contribution in [-0.2, 0) is 23.1 Å². The number of carbonyl (C=O) groups is 2. The Labute approximate surface area is 267 Å². The molecule has 4 aromatic rings. The highest BCUT2D eigenvalue weighted by molar-refractivity contribution is 5.98. The summed E-state index contributed by atoms with van der Waals surface area (Å²) in [5.41, 5.74) is 6.07. The number of carbonyl (C=O) groups excluding carboxylic acids is 2. The number of aryl methyl sites for hydroxylation is 1. The zero-order valence-corrected chi connectivity index (χ0v) is 27.1. The van der Waals surface area contributed by atoms with E-state index in [9.17, 15) is 9.59 Å². The monoisotopic (exact) mass is 605 g/mol. The van der Waals surface area contributed by atoms with E-state index in [0.29, 0.717) is 25.8 Å². The minimum atomic E-state index is -1.10. The first kappa shape index (κ1) is 30.9. The minimum absolute atomic E-state index is 0.129. The first-order chi connectivity index (χ1) is 21.7. The molecule has 2 heterocycles. The third-order valence-electron chi connectivity index (χ3n) is 10.2. The summed E-state index contributed by atoms with van der Waals surface area (Å²) in [6, 6.07) is 20.2. The lowest BCUT2D eigenvalue weighted by atomic mass is 9.71. The second kappa shape index (κ2) is 12.7. The topological polar surface area (TPSA) is 98.9 Å². The third-order valence-corrected chi connectivity index (χ3v) is 10.2. The number of urea groups is 1. The maximum absolute atomic E-state index is 14.6. The van der Waals surface area contributed by atoms with Gasteiger partial charge in [0.1, 0.15) is 5.54 Å². The Hall–Kier alpha value is -4.13. The van der Waals surface area contributed by atoms with Crippen molar-refractivity contribution in [3.8, 4) is 0 Å². The van der Waals surface area contributed by atoms with Gasteiger partial charge in [-0.15, -0.1) is 0 Å². The highest BCUT2D eigenvalue weighted by atomic mass is 16.2. The third kappa shape index (κ3) is 6.09. The molecule has 1 atom stereocenters. The van der Waals surface area contributed by atoms with Gasteiger partial charge in [-0.2, -0.15) is 0 Å². The SMILES string of the molecule is CC(C)c1cccc(C(C)C)c1NC(=O)NC1(C(=O)NCC2(c3ccccn3)CCCCC2)CCc2[nH]c3ccccc3c2C1. The van der Waals surface area contributed by atoms with E-state index in [-0.39, 0.29) is 29.2 Å². The molecule has 1 saturated carbocycles. The molecule has 236 valence electrons. The molecule has 0 radical (unpaired) electrons. The molecule has 3 amide bonds. The number of hydrogen-bond donors (Lipinski definition) is 4. The van der Waals surface area contributed by atoms with E-state index < -0.39 is 5.54 Å². The number of rotatable bonds is 8. The maximum atomic E-state index is 14.6. The zero-order chi connectivity index (χ0) is 31.6. The fourth-order valence-electron chi connectivity index (χ4n) is 7.66. The fourth-order valence-corrected chi connectivity index (χ4v) is 7.66. The van der Waals surface area contributed by atoms with E-state index in [4.69, 9.17) is 4.98 Å². The second-order valence-corrected chi connectivity index (χ2v) is 13.8. The van der Waals surface area contributed by atoms with E-state index in [2.05, 4.69) is 85.0 Å². The average molecular weight is 606 g/mol. The number of nitrogens with zero attached hydrogens (tertiary/aromatic N) is 1. The Balaban J connectivity index is 1.32. The number of anilines is 1. The molecule has 6 rings (SSSR count). The van der Waals surface area contributed by atoms with E-state index >= 15 is 0 Å². The summed E-state index contributed by atoms with van der Waals surface area (Å²) in [6.07, 6.45) is 8.85. The van der Waals surface area contributed by atoms with Crippen LogP contribution < -0.4 is 16.0 Å². The van der Waals surface area contributed by atoms with Crippen LogP contribution in [0.2, 0.25) is 0 Å². The van der Waals surface area contributed by atoms with Gasteiger partial charge in [-0.3, -0.25) is 9.78 Å². The number of hydrogen-bond acceptors (Lipinski definition) is 3. The molecule has 1 fully saturated rings. The van der Waals surface area contributed by atoms with Gasteiger partial charge in [0.15, 0.2) is 0 Å². The van der Waals surface area contributed by atoms with Gasteiger partial charge in [0.2, 0.25) is 5.91 Å². The van der Waals surface area contributed by atoms with E-state index in [1.165, 1.54) is 6.42 Å². The van der Waals surface area contributed by atoms with Gasteiger partial charge in [-0.05, 0) is 72.4 Å². The fraction of sp³-hybridized carbons (Fsp3) is 0.447. The molecule has 1 unspecified atom stereocenters. The number of aromatic amines is 1. The van der Waals surface area contributed by atoms with Crippen LogP contribution in [0.1, 0.15) is 106 Å². The van der Waals surface area contributed by atoms with Crippen molar-refractivity contribution in [2.45, 2.75) is 102 Å². The standard InChI is InChI=1S/C38H47N5O2/c1-25(2)27-14-12-15-28(26(3)4)34(27)42-36(45)43-38(21-18-32-30(23-38)29-13-6-7-16-31(29)41-32)35(44)40-24-37(19-9-5-10-20-37)33-17-8-11-22-39-33/h6-8,11-17,22,25-26,41H,5,9-10,18-21,23-24H2,1-4H3,(H,40,44)(H2,42,43,45). The van der Waals surface area contributed by atoms with Gasteiger partial charge in [0.25, 0.3) is 0 Å². The van der Waals surface area contributed by atoms with Gasteiger partial charge in [0.05, 0.1) is 0 Å². The molecule has 2 aliphatic rings. The van der Waals surface area contributed by atoms with Crippen molar-refractivity contribution in [3.63, 3.8) is 0 Å². The molecule has 4 N–H and O–H groups in total. The molecule has 2 aliphatic carbocycles. The number of pyridine rings is 1. The summed E-state index contributed by atoms with van der Waals surface area (Å²) in [5, 5.41) is 10.9. The van der Waals surface area contributed by atoms with Crippen LogP contribution in [0, 0.1) is 0 Å². The average Bonchev–Trinajstić information content (AvgIpc) is 3.42. The van der Waals surface area contributed by atoms with Crippen LogP contribution in [0.15, 0.2) is 66.9 Å². The lowest BCUT2D eigenvalue weighted by Gasteiger charge is -2.40. The molecule has 0 spiro atoms. The van der Waals surface area contributed by atoms with Crippen molar-refractivity contribution < 1.29 is 9.59 Å². The van der Waals surface area contributed by atoms with Crippen molar-refractivity contribution in [2.24, 2.45) is 0 Å². The van der Waals surface area contributed by atoms with E-state index in [0.717, 1.165) is 70.4 Å². The molecule has 0 saturated heterocycles. The molecular formula is C38H47N5O2. The van der Waals surface area contributed by atoms with Crippen molar-refractivity contribution in [1.82, 2.24) is 20.6 Å². The Kier molecular flexibility index (Phi) is 8.71. The Bertz CT molecular complexity index is 1640. The Morgan fingerprint density at radius 3 is 2.27 bits per heavy atom. The molecule has 0 bridgehead atoms. The van der Waals surface area contributed by atoms with Crippen LogP contribution in [0.3, 0.4) is 0 Å². The van der Waals surface area contributed by atoms with Gasteiger partial charge in [-0.1, -0.05) is 89.4 Å². The number of para-hydroxylation sites is 2. The van der Waals surface area contributed by atoms with Gasteiger partial charge in [-0.25, -0.2) is 4.79 Å². The quantitative estimate of drug-likeness (QED) is 0.164. The summed E-state index contributed by atoms with van der Waals surface area (Å²) in [6.45, 7) is 9.06. The Morgan fingerprint density at radius 2 is 1.58 bits per heavy atom. The van der Waals surface area contributed by atoms with E-state index in [1.54, 1.807) is 0 Å². The maximum Gasteiger partial charge on any atom is 0.320 e. The van der Waals surface area contributed by atoms with Crippen molar-refractivity contribution in [3.05, 3.63) is 94.9 Å². The molecular weight excluding hydrogens is 558 g/mol. The minimum Gasteiger partial charge on any atom is -0.358 e. The molecule has 7 nitrogen and oxygen atoms in total. The van der Waals surface area contributed by atoms with E-state index in [1.807, 2.05) is 30.5 Å². The predicted octanol–water partition coefficient (Wildman–Crippen LogP) is 7.88. The molecule has 45 heavy (non-hydrogen) atoms. The number of amides is 3. The highest BCUT2D eigenvalue weighted by Crippen LogP contribution is 2.39. The first-order valence-electron chi connectivity index (χ1n) is 16.7. The highest BCUT2D eigenvalue weighted by Gasteiger charge is 2.45. The summed E-state index contributed by atoms with van der Waals surface area (Å²) in [7, 11) is 0. The van der Waals surface area contributed by atoms with Gasteiger partial charge in [0, 0.05) is 52.6 Å². The largest absolute Gasteiger partial charge is 0.358 e. The van der Waals surface area contributed by atoms with Crippen LogP contribution in [0.4, 0.5) is 10.5 Å². The predicted molar refractivity (Wildman–Crippen MR) is 182 cm³/mol. The summed E-state index contributed by atoms with van der Waals surface area (Å²) >= 11 is 0. The number of H-pyrrole nitrogens is 1. The van der Waals surface area contributed by atoms with Crippen LogP contribution >= 0.6 is 0 Å².